The van der Waals surface area contributed by atoms with Crippen molar-refractivity contribution >= 4 is 8.32 Å². The van der Waals surface area contributed by atoms with Crippen molar-refractivity contribution in [2.45, 2.75) is 110 Å². The molecule has 28 heavy (non-hydrogen) atoms. The zero-order chi connectivity index (χ0) is 20.5. The van der Waals surface area contributed by atoms with E-state index in [0.717, 1.165) is 17.8 Å². The van der Waals surface area contributed by atoms with Gasteiger partial charge in [0.1, 0.15) is 0 Å². The van der Waals surface area contributed by atoms with Crippen LogP contribution in [-0.4, -0.2) is 14.4 Å². The molecule has 3 saturated carbocycles. The smallest absolute Gasteiger partial charge is 0.192 e. The van der Waals surface area contributed by atoms with Gasteiger partial charge in [-0.2, -0.15) is 0 Å². The summed E-state index contributed by atoms with van der Waals surface area (Å²) in [6.45, 7) is 21.6. The van der Waals surface area contributed by atoms with Crippen LogP contribution in [0.2, 0.25) is 18.1 Å². The quantitative estimate of drug-likeness (QED) is 0.338. The Morgan fingerprint density at radius 1 is 1.04 bits per heavy atom. The third kappa shape index (κ3) is 3.04. The minimum Gasteiger partial charge on any atom is -0.414 e. The standard InChI is InChI=1S/C26H44OSi/c1-18-9-12-22-21-11-10-19-17-20(27-28(7,8)24(2,3)4)13-15-26(19,6)23(21)14-16-25(18,22)5/h10,20-23H,1,9,11-17H2,2-8H3/t20-,21-,22+,23-,25+,26-/m0/s1. The Kier molecular flexibility index (Phi) is 4.91. The van der Waals surface area contributed by atoms with Crippen LogP contribution in [0.5, 0.6) is 0 Å². The summed E-state index contributed by atoms with van der Waals surface area (Å²) < 4.78 is 6.86. The maximum absolute atomic E-state index is 6.86. The second-order valence-electron chi connectivity index (χ2n) is 12.6. The highest BCUT2D eigenvalue weighted by Crippen LogP contribution is 2.66. The maximum atomic E-state index is 6.86. The van der Waals surface area contributed by atoms with Gasteiger partial charge in [-0.25, -0.2) is 0 Å². The molecule has 4 aliphatic rings. The highest BCUT2D eigenvalue weighted by atomic mass is 28.4. The third-order valence-electron chi connectivity index (χ3n) is 10.3. The average Bonchev–Trinajstić information content (AvgIpc) is 2.89. The molecule has 0 unspecified atom stereocenters. The summed E-state index contributed by atoms with van der Waals surface area (Å²) in [7, 11) is -1.68. The Hall–Kier alpha value is -0.343. The zero-order valence-corrected chi connectivity index (χ0v) is 20.7. The molecule has 4 rings (SSSR count). The summed E-state index contributed by atoms with van der Waals surface area (Å²) in [5.74, 6) is 2.67. The molecule has 0 aliphatic heterocycles. The molecule has 0 bridgehead atoms. The number of allylic oxidation sites excluding steroid dienone is 2. The molecule has 6 atom stereocenters. The number of hydrogen-bond acceptors (Lipinski definition) is 1. The van der Waals surface area contributed by atoms with Gasteiger partial charge in [-0.3, -0.25) is 0 Å². The summed E-state index contributed by atoms with van der Waals surface area (Å²) in [4.78, 5) is 0. The lowest BCUT2D eigenvalue weighted by Gasteiger charge is -2.58. The lowest BCUT2D eigenvalue weighted by atomic mass is 9.48. The zero-order valence-electron chi connectivity index (χ0n) is 19.7. The van der Waals surface area contributed by atoms with Crippen LogP contribution in [0, 0.1) is 28.6 Å². The minimum atomic E-state index is -1.68. The van der Waals surface area contributed by atoms with Crippen molar-refractivity contribution in [2.75, 3.05) is 0 Å². The number of fused-ring (bicyclic) bond motifs is 5. The number of rotatable bonds is 2. The molecule has 0 N–H and O–H groups in total. The van der Waals surface area contributed by atoms with Crippen molar-refractivity contribution in [2.24, 2.45) is 28.6 Å². The molecule has 0 amide bonds. The van der Waals surface area contributed by atoms with E-state index in [-0.39, 0.29) is 0 Å². The molecule has 0 aromatic rings. The molecule has 0 radical (unpaired) electrons. The van der Waals surface area contributed by atoms with Gasteiger partial charge in [0.25, 0.3) is 0 Å². The van der Waals surface area contributed by atoms with Crippen LogP contribution in [0.15, 0.2) is 23.8 Å². The topological polar surface area (TPSA) is 9.23 Å². The molecule has 0 heterocycles. The Bertz CT molecular complexity index is 683. The van der Waals surface area contributed by atoms with Gasteiger partial charge in [0, 0.05) is 6.10 Å². The molecular weight excluding hydrogens is 356 g/mol. The second kappa shape index (κ2) is 6.58. The van der Waals surface area contributed by atoms with Crippen molar-refractivity contribution in [1.82, 2.24) is 0 Å². The Balaban J connectivity index is 1.53. The lowest BCUT2D eigenvalue weighted by Crippen LogP contribution is -2.51. The van der Waals surface area contributed by atoms with Crippen LogP contribution < -0.4 is 0 Å². The first-order valence-corrected chi connectivity index (χ1v) is 14.8. The van der Waals surface area contributed by atoms with Gasteiger partial charge in [-0.15, -0.1) is 0 Å². The fourth-order valence-corrected chi connectivity index (χ4v) is 8.62. The number of hydrogen-bond donors (Lipinski definition) is 0. The van der Waals surface area contributed by atoms with Crippen molar-refractivity contribution in [1.29, 1.82) is 0 Å². The first-order valence-electron chi connectivity index (χ1n) is 11.9. The highest BCUT2D eigenvalue weighted by Gasteiger charge is 2.57. The molecule has 3 fully saturated rings. The molecule has 2 heteroatoms. The van der Waals surface area contributed by atoms with Crippen molar-refractivity contribution < 1.29 is 4.43 Å². The van der Waals surface area contributed by atoms with Gasteiger partial charge >= 0.3 is 0 Å². The summed E-state index contributed by atoms with van der Waals surface area (Å²) in [6.07, 6.45) is 13.7. The van der Waals surface area contributed by atoms with E-state index in [1.165, 1.54) is 51.4 Å². The van der Waals surface area contributed by atoms with Crippen LogP contribution in [0.4, 0.5) is 0 Å². The van der Waals surface area contributed by atoms with E-state index in [1.807, 2.05) is 0 Å². The Morgan fingerprint density at radius 2 is 1.68 bits per heavy atom. The van der Waals surface area contributed by atoms with Gasteiger partial charge in [-0.1, -0.05) is 58.4 Å². The molecule has 158 valence electrons. The van der Waals surface area contributed by atoms with Crippen LogP contribution >= 0.6 is 0 Å². The van der Waals surface area contributed by atoms with Gasteiger partial charge in [-0.05, 0) is 98.1 Å². The molecule has 0 aromatic carbocycles. The van der Waals surface area contributed by atoms with E-state index in [0.29, 0.717) is 22.0 Å². The van der Waals surface area contributed by atoms with Crippen LogP contribution in [0.25, 0.3) is 0 Å². The first-order chi connectivity index (χ1) is 12.9. The van der Waals surface area contributed by atoms with Crippen molar-refractivity contribution in [3.63, 3.8) is 0 Å². The molecule has 0 saturated heterocycles. The predicted octanol–water partition coefficient (Wildman–Crippen LogP) is 7.90. The average molecular weight is 401 g/mol. The molecule has 0 spiro atoms. The minimum absolute atomic E-state index is 0.304. The third-order valence-corrected chi connectivity index (χ3v) is 14.8. The molecular formula is C26H44OSi. The van der Waals surface area contributed by atoms with E-state index in [1.54, 1.807) is 11.1 Å². The van der Waals surface area contributed by atoms with Crippen LogP contribution in [0.1, 0.15) is 86.0 Å². The molecule has 1 nitrogen and oxygen atoms in total. The van der Waals surface area contributed by atoms with E-state index in [4.69, 9.17) is 4.43 Å². The normalized spacial score (nSPS) is 43.8. The Labute approximate surface area is 175 Å². The van der Waals surface area contributed by atoms with Gasteiger partial charge in [0.2, 0.25) is 0 Å². The summed E-state index contributed by atoms with van der Waals surface area (Å²) >= 11 is 0. The SMILES string of the molecule is C=C1CC[C@@H]2[C@@H]3CC=C4C[C@@H](O[Si](C)(C)C(C)(C)C)CC[C@]4(C)[C@H]3CC[C@]12C. The largest absolute Gasteiger partial charge is 0.414 e. The van der Waals surface area contributed by atoms with E-state index in [9.17, 15) is 0 Å². The van der Waals surface area contributed by atoms with Gasteiger partial charge in [0.05, 0.1) is 0 Å². The van der Waals surface area contributed by atoms with Crippen molar-refractivity contribution in [3.05, 3.63) is 23.8 Å². The summed E-state index contributed by atoms with van der Waals surface area (Å²) in [5.41, 5.74) is 4.18. The predicted molar refractivity (Wildman–Crippen MR) is 123 cm³/mol. The lowest BCUT2D eigenvalue weighted by molar-refractivity contribution is -0.0253. The van der Waals surface area contributed by atoms with E-state index in [2.05, 4.69) is 60.4 Å². The first kappa shape index (κ1) is 20.9. The molecule has 4 aliphatic carbocycles. The fraction of sp³-hybridized carbons (Fsp3) is 0.846. The summed E-state index contributed by atoms with van der Waals surface area (Å²) in [5, 5.41) is 0.304. The highest BCUT2D eigenvalue weighted by molar-refractivity contribution is 6.74. The van der Waals surface area contributed by atoms with E-state index < -0.39 is 8.32 Å². The fourth-order valence-electron chi connectivity index (χ4n) is 7.23. The summed E-state index contributed by atoms with van der Waals surface area (Å²) in [6, 6.07) is 0. The Morgan fingerprint density at radius 3 is 2.36 bits per heavy atom. The van der Waals surface area contributed by atoms with Gasteiger partial charge in [0.15, 0.2) is 8.32 Å². The van der Waals surface area contributed by atoms with Crippen LogP contribution in [0.3, 0.4) is 0 Å². The monoisotopic (exact) mass is 400 g/mol. The van der Waals surface area contributed by atoms with Gasteiger partial charge < -0.3 is 4.43 Å². The van der Waals surface area contributed by atoms with Crippen LogP contribution in [-0.2, 0) is 4.43 Å². The van der Waals surface area contributed by atoms with E-state index >= 15 is 0 Å². The maximum Gasteiger partial charge on any atom is 0.192 e. The molecule has 0 aromatic heterocycles. The second-order valence-corrected chi connectivity index (χ2v) is 17.4. The van der Waals surface area contributed by atoms with Crippen molar-refractivity contribution in [3.8, 4) is 0 Å².